The highest BCUT2D eigenvalue weighted by Gasteiger charge is 2.13. The van der Waals surface area contributed by atoms with Crippen molar-refractivity contribution in [1.82, 2.24) is 10.3 Å². The monoisotopic (exact) mass is 319 g/mol. The molecule has 2 aromatic carbocycles. The molecule has 3 rings (SSSR count). The lowest BCUT2D eigenvalue weighted by Gasteiger charge is -2.20. The molecule has 4 heteroatoms. The van der Waals surface area contributed by atoms with Gasteiger partial charge in [0.15, 0.2) is 0 Å². The number of carbonyl (C=O) groups is 1. The van der Waals surface area contributed by atoms with E-state index in [0.29, 0.717) is 0 Å². The van der Waals surface area contributed by atoms with Crippen LogP contribution >= 0.6 is 0 Å². The van der Waals surface area contributed by atoms with Crippen molar-refractivity contribution in [2.75, 3.05) is 5.32 Å². The van der Waals surface area contributed by atoms with Crippen molar-refractivity contribution in [1.29, 1.82) is 0 Å². The zero-order chi connectivity index (χ0) is 17.2. The topological polar surface area (TPSA) is 54.0 Å². The van der Waals surface area contributed by atoms with E-state index in [-0.39, 0.29) is 11.6 Å². The first-order valence-corrected chi connectivity index (χ1v) is 7.94. The van der Waals surface area contributed by atoms with Crippen molar-refractivity contribution in [2.45, 2.75) is 26.3 Å². The standard InChI is InChI=1S/C20H21N3O/c1-20(2,3)23-19(24)22-18-6-4-5-15(12-18)16-8-7-14-9-10-21-13-17(14)11-16/h4-13H,1-3H3,(H2,22,23,24). The van der Waals surface area contributed by atoms with Gasteiger partial charge in [0.2, 0.25) is 0 Å². The quantitative estimate of drug-likeness (QED) is 0.711. The number of nitrogens with one attached hydrogen (secondary N) is 2. The van der Waals surface area contributed by atoms with Crippen LogP contribution in [0.5, 0.6) is 0 Å². The van der Waals surface area contributed by atoms with Gasteiger partial charge in [0.05, 0.1) is 0 Å². The number of aromatic nitrogens is 1. The lowest BCUT2D eigenvalue weighted by atomic mass is 10.0. The lowest BCUT2D eigenvalue weighted by Crippen LogP contribution is -2.43. The summed E-state index contributed by atoms with van der Waals surface area (Å²) in [6.07, 6.45) is 3.65. The van der Waals surface area contributed by atoms with E-state index >= 15 is 0 Å². The third kappa shape index (κ3) is 3.90. The summed E-state index contributed by atoms with van der Waals surface area (Å²) in [4.78, 5) is 16.2. The van der Waals surface area contributed by atoms with Crippen LogP contribution in [-0.4, -0.2) is 16.6 Å². The Morgan fingerprint density at radius 2 is 1.75 bits per heavy atom. The molecule has 0 aliphatic heterocycles. The first-order valence-electron chi connectivity index (χ1n) is 7.94. The molecule has 0 unspecified atom stereocenters. The SMILES string of the molecule is CC(C)(C)NC(=O)Nc1cccc(-c2ccc3ccncc3c2)c1. The molecule has 24 heavy (non-hydrogen) atoms. The molecule has 2 amide bonds. The summed E-state index contributed by atoms with van der Waals surface area (Å²) >= 11 is 0. The number of amides is 2. The van der Waals surface area contributed by atoms with E-state index in [2.05, 4.69) is 33.8 Å². The molecule has 3 aromatic rings. The zero-order valence-electron chi connectivity index (χ0n) is 14.1. The van der Waals surface area contributed by atoms with Crippen molar-refractivity contribution >= 4 is 22.5 Å². The Bertz CT molecular complexity index is 881. The minimum atomic E-state index is -0.271. The molecule has 1 heterocycles. The summed E-state index contributed by atoms with van der Waals surface area (Å²) in [6.45, 7) is 5.85. The number of benzene rings is 2. The number of nitrogens with zero attached hydrogens (tertiary/aromatic N) is 1. The van der Waals surface area contributed by atoms with Crippen LogP contribution in [0.15, 0.2) is 60.9 Å². The van der Waals surface area contributed by atoms with Gasteiger partial charge in [-0.25, -0.2) is 4.79 Å². The second-order valence-corrected chi connectivity index (χ2v) is 6.85. The van der Waals surface area contributed by atoms with Gasteiger partial charge in [0.25, 0.3) is 0 Å². The number of pyridine rings is 1. The van der Waals surface area contributed by atoms with Crippen molar-refractivity contribution in [2.24, 2.45) is 0 Å². The van der Waals surface area contributed by atoms with Crippen molar-refractivity contribution in [3.05, 3.63) is 60.9 Å². The predicted molar refractivity (Wildman–Crippen MR) is 99.1 cm³/mol. The van der Waals surface area contributed by atoms with Crippen molar-refractivity contribution < 1.29 is 4.79 Å². The number of carbonyl (C=O) groups excluding carboxylic acids is 1. The Balaban J connectivity index is 1.85. The molecule has 0 fully saturated rings. The van der Waals surface area contributed by atoms with Gasteiger partial charge in [-0.05, 0) is 61.5 Å². The number of anilines is 1. The summed E-state index contributed by atoms with van der Waals surface area (Å²) < 4.78 is 0. The van der Waals surface area contributed by atoms with E-state index in [1.807, 2.05) is 57.3 Å². The van der Waals surface area contributed by atoms with Gasteiger partial charge in [-0.15, -0.1) is 0 Å². The highest BCUT2D eigenvalue weighted by molar-refractivity contribution is 5.91. The van der Waals surface area contributed by atoms with E-state index < -0.39 is 0 Å². The molecule has 0 bridgehead atoms. The van der Waals surface area contributed by atoms with Gasteiger partial charge >= 0.3 is 6.03 Å². The van der Waals surface area contributed by atoms with Gasteiger partial charge < -0.3 is 10.6 Å². The van der Waals surface area contributed by atoms with Crippen LogP contribution < -0.4 is 10.6 Å². The third-order valence-electron chi connectivity index (χ3n) is 3.58. The Kier molecular flexibility index (Phi) is 4.21. The van der Waals surface area contributed by atoms with Crippen LogP contribution in [0.3, 0.4) is 0 Å². The highest BCUT2D eigenvalue weighted by Crippen LogP contribution is 2.26. The lowest BCUT2D eigenvalue weighted by molar-refractivity contribution is 0.244. The molecule has 4 nitrogen and oxygen atoms in total. The van der Waals surface area contributed by atoms with E-state index in [1.165, 1.54) is 0 Å². The fourth-order valence-electron chi connectivity index (χ4n) is 2.54. The summed E-state index contributed by atoms with van der Waals surface area (Å²) in [6, 6.07) is 15.9. The van der Waals surface area contributed by atoms with Crippen molar-refractivity contribution in [3.8, 4) is 11.1 Å². The molecule has 2 N–H and O–H groups in total. The first kappa shape index (κ1) is 16.0. The van der Waals surface area contributed by atoms with E-state index in [1.54, 1.807) is 6.20 Å². The molecule has 0 radical (unpaired) electrons. The van der Waals surface area contributed by atoms with Crippen LogP contribution in [0.2, 0.25) is 0 Å². The highest BCUT2D eigenvalue weighted by atomic mass is 16.2. The average Bonchev–Trinajstić information content (AvgIpc) is 2.53. The maximum atomic E-state index is 12.0. The van der Waals surface area contributed by atoms with E-state index in [4.69, 9.17) is 0 Å². The minimum Gasteiger partial charge on any atom is -0.333 e. The molecular weight excluding hydrogens is 298 g/mol. The van der Waals surface area contributed by atoms with E-state index in [0.717, 1.165) is 27.6 Å². The van der Waals surface area contributed by atoms with E-state index in [9.17, 15) is 4.79 Å². The van der Waals surface area contributed by atoms with Gasteiger partial charge in [-0.2, -0.15) is 0 Å². The second-order valence-electron chi connectivity index (χ2n) is 6.85. The predicted octanol–water partition coefficient (Wildman–Crippen LogP) is 4.82. The normalized spacial score (nSPS) is 11.3. The Morgan fingerprint density at radius 3 is 2.54 bits per heavy atom. The van der Waals surface area contributed by atoms with Crippen LogP contribution in [0.25, 0.3) is 21.9 Å². The number of fused-ring (bicyclic) bond motifs is 1. The summed E-state index contributed by atoms with van der Waals surface area (Å²) in [7, 11) is 0. The molecule has 1 aromatic heterocycles. The van der Waals surface area contributed by atoms with Gasteiger partial charge in [-0.1, -0.05) is 24.3 Å². The number of rotatable bonds is 2. The second kappa shape index (κ2) is 6.32. The number of hydrogen-bond donors (Lipinski definition) is 2. The zero-order valence-corrected chi connectivity index (χ0v) is 14.1. The fraction of sp³-hybridized carbons (Fsp3) is 0.200. The smallest absolute Gasteiger partial charge is 0.319 e. The molecule has 0 aliphatic rings. The third-order valence-corrected chi connectivity index (χ3v) is 3.58. The molecule has 122 valence electrons. The average molecular weight is 319 g/mol. The molecule has 0 atom stereocenters. The number of hydrogen-bond acceptors (Lipinski definition) is 2. The first-order chi connectivity index (χ1) is 11.4. The van der Waals surface area contributed by atoms with Gasteiger partial charge in [0, 0.05) is 29.0 Å². The summed E-state index contributed by atoms with van der Waals surface area (Å²) in [5, 5.41) is 8.03. The maximum Gasteiger partial charge on any atom is 0.319 e. The molecule has 0 aliphatic carbocycles. The number of urea groups is 1. The largest absolute Gasteiger partial charge is 0.333 e. The Morgan fingerprint density at radius 1 is 0.958 bits per heavy atom. The van der Waals surface area contributed by atoms with Crippen LogP contribution in [0.4, 0.5) is 10.5 Å². The molecule has 0 saturated heterocycles. The maximum absolute atomic E-state index is 12.0. The van der Waals surface area contributed by atoms with Gasteiger partial charge in [0.1, 0.15) is 0 Å². The summed E-state index contributed by atoms with van der Waals surface area (Å²) in [5.74, 6) is 0. The fourth-order valence-corrected chi connectivity index (χ4v) is 2.54. The molecular formula is C20H21N3O. The summed E-state index contributed by atoms with van der Waals surface area (Å²) in [5.41, 5.74) is 2.64. The van der Waals surface area contributed by atoms with Crippen LogP contribution in [-0.2, 0) is 0 Å². The molecule has 0 saturated carbocycles. The van der Waals surface area contributed by atoms with Crippen LogP contribution in [0.1, 0.15) is 20.8 Å². The van der Waals surface area contributed by atoms with Crippen molar-refractivity contribution in [3.63, 3.8) is 0 Å². The van der Waals surface area contributed by atoms with Gasteiger partial charge in [-0.3, -0.25) is 4.98 Å². The molecule has 0 spiro atoms. The van der Waals surface area contributed by atoms with Crippen LogP contribution in [0, 0.1) is 0 Å². The Hall–Kier alpha value is -2.88. The minimum absolute atomic E-state index is 0.206. The Labute approximate surface area is 141 Å².